The van der Waals surface area contributed by atoms with Gasteiger partial charge >= 0.3 is 0 Å². The fraction of sp³-hybridized carbons (Fsp3) is 0.533. The van der Waals surface area contributed by atoms with Crippen molar-refractivity contribution in [3.8, 4) is 0 Å². The molecule has 1 N–H and O–H groups in total. The van der Waals surface area contributed by atoms with Gasteiger partial charge in [-0.25, -0.2) is 0 Å². The maximum absolute atomic E-state index is 12.5. The van der Waals surface area contributed by atoms with Gasteiger partial charge in [0.2, 0.25) is 0 Å². The molecule has 2 rings (SSSR count). The van der Waals surface area contributed by atoms with E-state index in [4.69, 9.17) is 4.74 Å². The number of aryl methyl sites for hydroxylation is 1. The normalized spacial score (nSPS) is 19.3. The smallest absolute Gasteiger partial charge is 0.254 e. The standard InChI is InChI=1S/C15H22N2O2/c1-4-16-13-5-6-14(11(2)9-13)15(18)17-7-8-19-12(3)10-17/h5-6,9,12,16H,4,7-8,10H2,1-3H3. The average molecular weight is 262 g/mol. The van der Waals surface area contributed by atoms with Crippen LogP contribution >= 0.6 is 0 Å². The molecule has 4 heteroatoms. The van der Waals surface area contributed by atoms with E-state index in [-0.39, 0.29) is 12.0 Å². The maximum Gasteiger partial charge on any atom is 0.254 e. The molecule has 104 valence electrons. The minimum Gasteiger partial charge on any atom is -0.385 e. The van der Waals surface area contributed by atoms with Gasteiger partial charge in [0.05, 0.1) is 12.7 Å². The number of hydrogen-bond acceptors (Lipinski definition) is 3. The summed E-state index contributed by atoms with van der Waals surface area (Å²) in [4.78, 5) is 14.4. The van der Waals surface area contributed by atoms with Crippen molar-refractivity contribution >= 4 is 11.6 Å². The molecule has 0 aliphatic carbocycles. The molecule has 1 aromatic rings. The lowest BCUT2D eigenvalue weighted by Crippen LogP contribution is -2.44. The molecule has 1 fully saturated rings. The van der Waals surface area contributed by atoms with Gasteiger partial charge in [-0.15, -0.1) is 0 Å². The van der Waals surface area contributed by atoms with Crippen LogP contribution in [0.2, 0.25) is 0 Å². The second-order valence-electron chi connectivity index (χ2n) is 4.99. The summed E-state index contributed by atoms with van der Waals surface area (Å²) in [7, 11) is 0. The van der Waals surface area contributed by atoms with Crippen molar-refractivity contribution in [1.29, 1.82) is 0 Å². The highest BCUT2D eigenvalue weighted by molar-refractivity contribution is 5.96. The van der Waals surface area contributed by atoms with Gasteiger partial charge < -0.3 is 15.0 Å². The van der Waals surface area contributed by atoms with Gasteiger partial charge in [-0.2, -0.15) is 0 Å². The van der Waals surface area contributed by atoms with E-state index < -0.39 is 0 Å². The number of nitrogens with one attached hydrogen (secondary N) is 1. The van der Waals surface area contributed by atoms with Gasteiger partial charge in [0.1, 0.15) is 0 Å². The minimum atomic E-state index is 0.107. The topological polar surface area (TPSA) is 41.6 Å². The number of nitrogens with zero attached hydrogens (tertiary/aromatic N) is 1. The molecule has 1 saturated heterocycles. The Morgan fingerprint density at radius 2 is 2.32 bits per heavy atom. The quantitative estimate of drug-likeness (QED) is 0.908. The van der Waals surface area contributed by atoms with Gasteiger partial charge in [0, 0.05) is 30.9 Å². The van der Waals surface area contributed by atoms with Crippen molar-refractivity contribution < 1.29 is 9.53 Å². The van der Waals surface area contributed by atoms with Crippen LogP contribution in [-0.4, -0.2) is 43.2 Å². The van der Waals surface area contributed by atoms with Crippen molar-refractivity contribution in [3.63, 3.8) is 0 Å². The van der Waals surface area contributed by atoms with Crippen LogP contribution in [0.1, 0.15) is 29.8 Å². The number of morpholine rings is 1. The lowest BCUT2D eigenvalue weighted by molar-refractivity contribution is -0.0124. The predicted octanol–water partition coefficient (Wildman–Crippen LogP) is 2.29. The Morgan fingerprint density at radius 3 is 2.95 bits per heavy atom. The zero-order chi connectivity index (χ0) is 13.8. The Bertz CT molecular complexity index is 459. The van der Waals surface area contributed by atoms with Gasteiger partial charge in [0.25, 0.3) is 5.91 Å². The van der Waals surface area contributed by atoms with Gasteiger partial charge in [0.15, 0.2) is 0 Å². The van der Waals surface area contributed by atoms with Gasteiger partial charge in [-0.1, -0.05) is 0 Å². The van der Waals surface area contributed by atoms with Crippen molar-refractivity contribution in [3.05, 3.63) is 29.3 Å². The van der Waals surface area contributed by atoms with Crippen LogP contribution in [0, 0.1) is 6.92 Å². The fourth-order valence-electron chi connectivity index (χ4n) is 2.39. The third-order valence-corrected chi connectivity index (χ3v) is 3.37. The lowest BCUT2D eigenvalue weighted by atomic mass is 10.1. The van der Waals surface area contributed by atoms with Gasteiger partial charge in [-0.3, -0.25) is 4.79 Å². The van der Waals surface area contributed by atoms with Crippen molar-refractivity contribution in [2.45, 2.75) is 26.9 Å². The summed E-state index contributed by atoms with van der Waals surface area (Å²) in [5.41, 5.74) is 2.87. The Labute approximate surface area is 114 Å². The molecule has 1 unspecified atom stereocenters. The summed E-state index contributed by atoms with van der Waals surface area (Å²) in [5.74, 6) is 0.107. The highest BCUT2D eigenvalue weighted by Gasteiger charge is 2.23. The average Bonchev–Trinajstić information content (AvgIpc) is 2.38. The van der Waals surface area contributed by atoms with E-state index in [9.17, 15) is 4.79 Å². The number of rotatable bonds is 3. The molecule has 1 aromatic carbocycles. The molecule has 1 atom stereocenters. The first kappa shape index (κ1) is 13.9. The van der Waals surface area contributed by atoms with Crippen LogP contribution in [0.3, 0.4) is 0 Å². The lowest BCUT2D eigenvalue weighted by Gasteiger charge is -2.31. The van der Waals surface area contributed by atoms with E-state index in [0.717, 1.165) is 23.4 Å². The Kier molecular flexibility index (Phi) is 4.43. The summed E-state index contributed by atoms with van der Waals surface area (Å²) in [6, 6.07) is 5.91. The Hall–Kier alpha value is -1.55. The summed E-state index contributed by atoms with van der Waals surface area (Å²) in [6.07, 6.45) is 0.124. The molecule has 4 nitrogen and oxygen atoms in total. The minimum absolute atomic E-state index is 0.107. The monoisotopic (exact) mass is 262 g/mol. The molecule has 0 spiro atoms. The summed E-state index contributed by atoms with van der Waals surface area (Å²) >= 11 is 0. The van der Waals surface area contributed by atoms with Crippen LogP contribution in [0.25, 0.3) is 0 Å². The number of anilines is 1. The molecular formula is C15H22N2O2. The highest BCUT2D eigenvalue weighted by Crippen LogP contribution is 2.18. The number of benzene rings is 1. The molecular weight excluding hydrogens is 240 g/mol. The molecule has 1 aliphatic rings. The predicted molar refractivity (Wildman–Crippen MR) is 76.7 cm³/mol. The van der Waals surface area contributed by atoms with E-state index in [1.165, 1.54) is 0 Å². The number of carbonyl (C=O) groups excluding carboxylic acids is 1. The number of hydrogen-bond donors (Lipinski definition) is 1. The fourth-order valence-corrected chi connectivity index (χ4v) is 2.39. The third kappa shape index (κ3) is 3.26. The number of carbonyl (C=O) groups is 1. The molecule has 0 radical (unpaired) electrons. The van der Waals surface area contributed by atoms with Crippen LogP contribution in [0.5, 0.6) is 0 Å². The molecule has 1 heterocycles. The summed E-state index contributed by atoms with van der Waals surface area (Å²) < 4.78 is 5.47. The first-order valence-corrected chi connectivity index (χ1v) is 6.87. The third-order valence-electron chi connectivity index (χ3n) is 3.37. The zero-order valence-electron chi connectivity index (χ0n) is 11.9. The van der Waals surface area contributed by atoms with E-state index in [0.29, 0.717) is 19.7 Å². The highest BCUT2D eigenvalue weighted by atomic mass is 16.5. The van der Waals surface area contributed by atoms with Crippen LogP contribution in [0.4, 0.5) is 5.69 Å². The van der Waals surface area contributed by atoms with E-state index in [1.807, 2.05) is 36.9 Å². The molecule has 1 amide bonds. The number of amides is 1. The second-order valence-corrected chi connectivity index (χ2v) is 4.99. The first-order chi connectivity index (χ1) is 9.11. The maximum atomic E-state index is 12.5. The Balaban J connectivity index is 2.14. The van der Waals surface area contributed by atoms with Gasteiger partial charge in [-0.05, 0) is 44.5 Å². The largest absolute Gasteiger partial charge is 0.385 e. The zero-order valence-corrected chi connectivity index (χ0v) is 11.9. The van der Waals surface area contributed by atoms with E-state index in [2.05, 4.69) is 12.2 Å². The number of ether oxygens (including phenoxy) is 1. The van der Waals surface area contributed by atoms with Crippen LogP contribution < -0.4 is 5.32 Å². The summed E-state index contributed by atoms with van der Waals surface area (Å²) in [5, 5.41) is 3.26. The van der Waals surface area contributed by atoms with Crippen LogP contribution in [0.15, 0.2) is 18.2 Å². The molecule has 1 aliphatic heterocycles. The van der Waals surface area contributed by atoms with Crippen LogP contribution in [-0.2, 0) is 4.74 Å². The van der Waals surface area contributed by atoms with E-state index in [1.54, 1.807) is 0 Å². The molecule has 0 aromatic heterocycles. The van der Waals surface area contributed by atoms with Crippen molar-refractivity contribution in [1.82, 2.24) is 4.90 Å². The molecule has 19 heavy (non-hydrogen) atoms. The Morgan fingerprint density at radius 1 is 1.53 bits per heavy atom. The molecule has 0 bridgehead atoms. The SMILES string of the molecule is CCNc1ccc(C(=O)N2CCOC(C)C2)c(C)c1. The first-order valence-electron chi connectivity index (χ1n) is 6.87. The van der Waals surface area contributed by atoms with Crippen molar-refractivity contribution in [2.24, 2.45) is 0 Å². The van der Waals surface area contributed by atoms with Crippen molar-refractivity contribution in [2.75, 3.05) is 31.6 Å². The second kappa shape index (κ2) is 6.06. The summed E-state index contributed by atoms with van der Waals surface area (Å²) in [6.45, 7) is 8.90. The van der Waals surface area contributed by atoms with E-state index >= 15 is 0 Å². The molecule has 0 saturated carbocycles.